The van der Waals surface area contributed by atoms with E-state index in [9.17, 15) is 10.2 Å². The van der Waals surface area contributed by atoms with E-state index in [-0.39, 0.29) is 5.75 Å². The largest absolute Gasteiger partial charge is 0.505 e. The lowest BCUT2D eigenvalue weighted by Crippen LogP contribution is -2.46. The number of aryl methyl sites for hydroxylation is 1. The Morgan fingerprint density at radius 3 is 2.17 bits per heavy atom. The highest BCUT2D eigenvalue weighted by Gasteiger charge is 2.34. The number of nitrogens with zero attached hydrogens (tertiary/aromatic N) is 2. The molecule has 2 aliphatic rings. The summed E-state index contributed by atoms with van der Waals surface area (Å²) in [6.45, 7) is 8.00. The van der Waals surface area contributed by atoms with Gasteiger partial charge in [0.2, 0.25) is 0 Å². The quantitative estimate of drug-likeness (QED) is 0.515. The third-order valence-corrected chi connectivity index (χ3v) is 5.18. The number of hydrogen-bond acceptors (Lipinski definition) is 5. The highest BCUT2D eigenvalue weighted by atomic mass is 16.3. The number of phenolic OH excluding ortho intramolecular Hbond substituents is 2. The average Bonchev–Trinajstić information content (AvgIpc) is 2.50. The van der Waals surface area contributed by atoms with Crippen molar-refractivity contribution in [2.24, 2.45) is 0 Å². The van der Waals surface area contributed by atoms with Gasteiger partial charge in [-0.25, -0.2) is 0 Å². The summed E-state index contributed by atoms with van der Waals surface area (Å²) >= 11 is 0. The van der Waals surface area contributed by atoms with Gasteiger partial charge in [-0.05, 0) is 49.1 Å². The molecular formula is C18H21N3O2. The number of nitrogen functional groups attached to an aromatic ring is 1. The van der Waals surface area contributed by atoms with Crippen molar-refractivity contribution in [3.05, 3.63) is 39.9 Å². The molecule has 0 unspecified atom stereocenters. The minimum atomic E-state index is 0.172. The molecule has 5 heteroatoms. The Bertz CT molecular complexity index is 776. The molecule has 0 atom stereocenters. The molecule has 2 aliphatic heterocycles. The van der Waals surface area contributed by atoms with E-state index in [4.69, 9.17) is 5.73 Å². The van der Waals surface area contributed by atoms with E-state index in [2.05, 4.69) is 15.9 Å². The zero-order valence-corrected chi connectivity index (χ0v) is 13.6. The second kappa shape index (κ2) is 4.47. The number of rotatable bonds is 0. The lowest BCUT2D eigenvalue weighted by Gasteiger charge is -2.46. The summed E-state index contributed by atoms with van der Waals surface area (Å²) in [5.74, 6) is 0.553. The predicted molar refractivity (Wildman–Crippen MR) is 92.1 cm³/mol. The Balaban J connectivity index is 1.91. The van der Waals surface area contributed by atoms with Crippen LogP contribution in [0.4, 0.5) is 17.1 Å². The molecule has 4 N–H and O–H groups in total. The minimum absolute atomic E-state index is 0.172. The lowest BCUT2D eigenvalue weighted by atomic mass is 9.94. The summed E-state index contributed by atoms with van der Waals surface area (Å²) in [5, 5.41) is 20.8. The minimum Gasteiger partial charge on any atom is -0.505 e. The molecule has 0 fully saturated rings. The second-order valence-electron chi connectivity index (χ2n) is 6.66. The van der Waals surface area contributed by atoms with Gasteiger partial charge in [0.1, 0.15) is 11.5 Å². The molecule has 2 bridgehead atoms. The van der Waals surface area contributed by atoms with Gasteiger partial charge in [0.25, 0.3) is 0 Å². The van der Waals surface area contributed by atoms with Crippen LogP contribution in [0.1, 0.15) is 27.8 Å². The van der Waals surface area contributed by atoms with Crippen LogP contribution in [0, 0.1) is 20.8 Å². The molecule has 120 valence electrons. The molecule has 5 nitrogen and oxygen atoms in total. The highest BCUT2D eigenvalue weighted by molar-refractivity contribution is 5.79. The number of anilines is 3. The summed E-state index contributed by atoms with van der Waals surface area (Å²) < 4.78 is 0. The summed E-state index contributed by atoms with van der Waals surface area (Å²) in [6.07, 6.45) is 0. The first-order chi connectivity index (χ1) is 10.9. The molecule has 0 saturated heterocycles. The van der Waals surface area contributed by atoms with E-state index in [0.29, 0.717) is 24.7 Å². The Hall–Kier alpha value is -2.56. The summed E-state index contributed by atoms with van der Waals surface area (Å²) in [4.78, 5) is 4.42. The van der Waals surface area contributed by atoms with E-state index in [1.54, 1.807) is 0 Å². The first-order valence-electron chi connectivity index (χ1n) is 7.81. The highest BCUT2D eigenvalue weighted by Crippen LogP contribution is 2.47. The van der Waals surface area contributed by atoms with Gasteiger partial charge in [-0.3, -0.25) is 0 Å². The lowest BCUT2D eigenvalue weighted by molar-refractivity contribution is 0.462. The molecule has 2 heterocycles. The fourth-order valence-electron chi connectivity index (χ4n) is 3.90. The maximum Gasteiger partial charge on any atom is 0.143 e. The molecule has 0 radical (unpaired) electrons. The third kappa shape index (κ3) is 1.79. The van der Waals surface area contributed by atoms with Gasteiger partial charge >= 0.3 is 0 Å². The fourth-order valence-corrected chi connectivity index (χ4v) is 3.90. The molecule has 0 spiro atoms. The van der Waals surface area contributed by atoms with Crippen molar-refractivity contribution in [3.63, 3.8) is 0 Å². The normalized spacial score (nSPS) is 15.4. The topological polar surface area (TPSA) is 73.0 Å². The van der Waals surface area contributed by atoms with Gasteiger partial charge in [0.15, 0.2) is 0 Å². The Morgan fingerprint density at radius 2 is 1.48 bits per heavy atom. The van der Waals surface area contributed by atoms with Gasteiger partial charge in [0.05, 0.1) is 23.7 Å². The van der Waals surface area contributed by atoms with Crippen LogP contribution in [0.15, 0.2) is 12.1 Å². The Labute approximate surface area is 135 Å². The monoisotopic (exact) mass is 311 g/mol. The van der Waals surface area contributed by atoms with Crippen molar-refractivity contribution in [3.8, 4) is 11.5 Å². The number of benzene rings is 2. The van der Waals surface area contributed by atoms with Crippen LogP contribution in [0.25, 0.3) is 0 Å². The SMILES string of the molecule is Cc1cc2c(c(O)c1C)N1Cc3cc(N)c(O)c(C)c3N(C2)C1. The Morgan fingerprint density at radius 1 is 0.870 bits per heavy atom. The number of phenols is 2. The van der Waals surface area contributed by atoms with Crippen LogP contribution in [0.3, 0.4) is 0 Å². The van der Waals surface area contributed by atoms with Gasteiger partial charge in [-0.2, -0.15) is 0 Å². The van der Waals surface area contributed by atoms with Crippen molar-refractivity contribution < 1.29 is 10.2 Å². The standard InChI is InChI=1S/C18H21N3O2/c1-9-4-12-6-20-8-21(16(12)18(23)10(9)2)7-13-5-14(19)17(22)11(3)15(13)20/h4-5,22-23H,6-8,19H2,1-3H3. The van der Waals surface area contributed by atoms with Crippen LogP contribution in [0.5, 0.6) is 11.5 Å². The van der Waals surface area contributed by atoms with Gasteiger partial charge in [-0.15, -0.1) is 0 Å². The average molecular weight is 311 g/mol. The van der Waals surface area contributed by atoms with E-state index >= 15 is 0 Å². The Kier molecular flexibility index (Phi) is 2.73. The molecule has 0 amide bonds. The van der Waals surface area contributed by atoms with Crippen molar-refractivity contribution in [1.82, 2.24) is 0 Å². The zero-order valence-electron chi connectivity index (χ0n) is 13.6. The number of aromatic hydroxyl groups is 2. The zero-order chi connectivity index (χ0) is 16.5. The summed E-state index contributed by atoms with van der Waals surface area (Å²) in [6, 6.07) is 4.00. The van der Waals surface area contributed by atoms with Crippen LogP contribution >= 0.6 is 0 Å². The molecule has 4 rings (SSSR count). The third-order valence-electron chi connectivity index (χ3n) is 5.18. The van der Waals surface area contributed by atoms with Crippen molar-refractivity contribution in [1.29, 1.82) is 0 Å². The smallest absolute Gasteiger partial charge is 0.143 e. The van der Waals surface area contributed by atoms with Crippen LogP contribution in [0.2, 0.25) is 0 Å². The molecule has 23 heavy (non-hydrogen) atoms. The molecule has 0 aromatic heterocycles. The fraction of sp³-hybridized carbons (Fsp3) is 0.333. The molecule has 2 aromatic carbocycles. The van der Waals surface area contributed by atoms with Gasteiger partial charge in [-0.1, -0.05) is 6.07 Å². The first-order valence-corrected chi connectivity index (χ1v) is 7.81. The molecule has 0 aliphatic carbocycles. The molecule has 2 aromatic rings. The maximum atomic E-state index is 10.6. The summed E-state index contributed by atoms with van der Waals surface area (Å²) in [5.41, 5.74) is 13.4. The number of fused-ring (bicyclic) bond motifs is 6. The number of nitrogens with two attached hydrogens (primary N) is 1. The van der Waals surface area contributed by atoms with Crippen LogP contribution in [-0.4, -0.2) is 16.9 Å². The van der Waals surface area contributed by atoms with E-state index < -0.39 is 0 Å². The first kappa shape index (κ1) is 14.1. The molecule has 0 saturated carbocycles. The van der Waals surface area contributed by atoms with Crippen LogP contribution in [-0.2, 0) is 13.1 Å². The second-order valence-corrected chi connectivity index (χ2v) is 6.66. The molecular weight excluding hydrogens is 290 g/mol. The van der Waals surface area contributed by atoms with Crippen molar-refractivity contribution in [2.75, 3.05) is 22.2 Å². The maximum absolute atomic E-state index is 10.6. The van der Waals surface area contributed by atoms with Crippen molar-refractivity contribution in [2.45, 2.75) is 33.9 Å². The van der Waals surface area contributed by atoms with Gasteiger partial charge < -0.3 is 25.7 Å². The van der Waals surface area contributed by atoms with Crippen molar-refractivity contribution >= 4 is 17.1 Å². The summed E-state index contributed by atoms with van der Waals surface area (Å²) in [7, 11) is 0. The number of hydrogen-bond donors (Lipinski definition) is 3. The van der Waals surface area contributed by atoms with E-state index in [1.165, 1.54) is 0 Å². The van der Waals surface area contributed by atoms with E-state index in [0.717, 1.165) is 45.7 Å². The van der Waals surface area contributed by atoms with Gasteiger partial charge in [0, 0.05) is 18.7 Å². The van der Waals surface area contributed by atoms with Crippen LogP contribution < -0.4 is 15.5 Å². The van der Waals surface area contributed by atoms with E-state index in [1.807, 2.05) is 26.8 Å². The predicted octanol–water partition coefficient (Wildman–Crippen LogP) is 2.90.